The first-order chi connectivity index (χ1) is 5.95. The summed E-state index contributed by atoms with van der Waals surface area (Å²) in [6.07, 6.45) is 0. The third-order valence-corrected chi connectivity index (χ3v) is 2.22. The molecule has 1 rings (SSSR count). The Hall–Kier alpha value is -0.630. The second-order valence-corrected chi connectivity index (χ2v) is 3.78. The number of rotatable bonds is 1. The highest BCUT2D eigenvalue weighted by atomic mass is 35.5. The standard InChI is InChI=1S/C10H11ClF2/c1-5(2)8-9(12)6(3)4-7(11)10(8)13/h4-5H,1-3H3. The van der Waals surface area contributed by atoms with Crippen molar-refractivity contribution in [3.05, 3.63) is 33.9 Å². The summed E-state index contributed by atoms with van der Waals surface area (Å²) in [5, 5.41) is -0.0115. The van der Waals surface area contributed by atoms with Crippen LogP contribution in [0.5, 0.6) is 0 Å². The van der Waals surface area contributed by atoms with E-state index in [0.29, 0.717) is 5.56 Å². The van der Waals surface area contributed by atoms with Gasteiger partial charge in [0.15, 0.2) is 0 Å². The van der Waals surface area contributed by atoms with Crippen molar-refractivity contribution in [2.24, 2.45) is 0 Å². The number of halogens is 3. The molecule has 0 N–H and O–H groups in total. The van der Waals surface area contributed by atoms with Gasteiger partial charge in [0.1, 0.15) is 11.6 Å². The maximum absolute atomic E-state index is 13.4. The summed E-state index contributed by atoms with van der Waals surface area (Å²) in [4.78, 5) is 0. The predicted molar refractivity (Wildman–Crippen MR) is 50.2 cm³/mol. The van der Waals surface area contributed by atoms with Crippen LogP contribution in [0.25, 0.3) is 0 Å². The molecule has 0 aromatic heterocycles. The van der Waals surface area contributed by atoms with E-state index in [-0.39, 0.29) is 16.5 Å². The molecular weight excluding hydrogens is 194 g/mol. The van der Waals surface area contributed by atoms with Crippen LogP contribution in [0.3, 0.4) is 0 Å². The number of aryl methyl sites for hydroxylation is 1. The molecular formula is C10H11ClF2. The van der Waals surface area contributed by atoms with Crippen LogP contribution >= 0.6 is 11.6 Å². The lowest BCUT2D eigenvalue weighted by Crippen LogP contribution is -2.01. The van der Waals surface area contributed by atoms with Crippen molar-refractivity contribution in [2.75, 3.05) is 0 Å². The van der Waals surface area contributed by atoms with Crippen molar-refractivity contribution in [3.63, 3.8) is 0 Å². The zero-order valence-electron chi connectivity index (χ0n) is 7.79. The number of hydrogen-bond acceptors (Lipinski definition) is 0. The zero-order chi connectivity index (χ0) is 10.2. The molecule has 0 bridgehead atoms. The lowest BCUT2D eigenvalue weighted by atomic mass is 9.99. The maximum Gasteiger partial charge on any atom is 0.148 e. The SMILES string of the molecule is Cc1cc(Cl)c(F)c(C(C)C)c1F. The molecule has 3 heteroatoms. The van der Waals surface area contributed by atoms with E-state index in [9.17, 15) is 8.78 Å². The molecule has 0 saturated carbocycles. The van der Waals surface area contributed by atoms with Crippen LogP contribution in [0.2, 0.25) is 5.02 Å². The minimum absolute atomic E-state index is 0.0115. The highest BCUT2D eigenvalue weighted by Gasteiger charge is 2.17. The molecule has 0 amide bonds. The summed E-state index contributed by atoms with van der Waals surface area (Å²) >= 11 is 5.59. The first kappa shape index (κ1) is 10.5. The Labute approximate surface area is 81.5 Å². The van der Waals surface area contributed by atoms with Crippen molar-refractivity contribution in [1.82, 2.24) is 0 Å². The molecule has 0 saturated heterocycles. The molecule has 13 heavy (non-hydrogen) atoms. The molecule has 0 atom stereocenters. The third-order valence-electron chi connectivity index (χ3n) is 1.95. The quantitative estimate of drug-likeness (QED) is 0.606. The lowest BCUT2D eigenvalue weighted by molar-refractivity contribution is 0.537. The Balaban J connectivity index is 3.46. The number of hydrogen-bond donors (Lipinski definition) is 0. The molecule has 0 spiro atoms. The molecule has 0 aliphatic rings. The molecule has 72 valence electrons. The number of benzene rings is 1. The van der Waals surface area contributed by atoms with Crippen LogP contribution < -0.4 is 0 Å². The van der Waals surface area contributed by atoms with Gasteiger partial charge < -0.3 is 0 Å². The van der Waals surface area contributed by atoms with E-state index >= 15 is 0 Å². The molecule has 0 unspecified atom stereocenters. The van der Waals surface area contributed by atoms with Gasteiger partial charge in [0.05, 0.1) is 5.02 Å². The topological polar surface area (TPSA) is 0 Å². The Kier molecular flexibility index (Phi) is 2.91. The smallest absolute Gasteiger partial charge is 0.148 e. The minimum atomic E-state index is -0.639. The summed E-state index contributed by atoms with van der Waals surface area (Å²) in [7, 11) is 0. The van der Waals surface area contributed by atoms with Gasteiger partial charge in [-0.05, 0) is 24.5 Å². The fourth-order valence-corrected chi connectivity index (χ4v) is 1.53. The molecule has 1 aromatic rings. The van der Waals surface area contributed by atoms with Crippen LogP contribution in [0.1, 0.15) is 30.9 Å². The second kappa shape index (κ2) is 3.62. The average Bonchev–Trinajstić information content (AvgIpc) is 2.01. The van der Waals surface area contributed by atoms with Crippen molar-refractivity contribution in [3.8, 4) is 0 Å². The first-order valence-electron chi connectivity index (χ1n) is 4.09. The highest BCUT2D eigenvalue weighted by Crippen LogP contribution is 2.29. The average molecular weight is 205 g/mol. The van der Waals surface area contributed by atoms with Gasteiger partial charge in [-0.25, -0.2) is 8.78 Å². The molecule has 0 fully saturated rings. The summed E-state index contributed by atoms with van der Waals surface area (Å²) < 4.78 is 26.7. The Bertz CT molecular complexity index is 306. The monoisotopic (exact) mass is 204 g/mol. The van der Waals surface area contributed by atoms with Gasteiger partial charge in [-0.2, -0.15) is 0 Å². The van der Waals surface area contributed by atoms with E-state index in [0.717, 1.165) is 0 Å². The lowest BCUT2D eigenvalue weighted by Gasteiger charge is -2.11. The van der Waals surface area contributed by atoms with E-state index in [1.807, 2.05) is 0 Å². The van der Waals surface area contributed by atoms with Gasteiger partial charge in [-0.15, -0.1) is 0 Å². The predicted octanol–water partition coefficient (Wildman–Crippen LogP) is 4.05. The Morgan fingerprint density at radius 2 is 1.77 bits per heavy atom. The first-order valence-corrected chi connectivity index (χ1v) is 4.47. The summed E-state index contributed by atoms with van der Waals surface area (Å²) in [6, 6.07) is 1.30. The van der Waals surface area contributed by atoms with Crippen molar-refractivity contribution in [2.45, 2.75) is 26.7 Å². The van der Waals surface area contributed by atoms with E-state index in [1.54, 1.807) is 20.8 Å². The van der Waals surface area contributed by atoms with Crippen LogP contribution in [0, 0.1) is 18.6 Å². The van der Waals surface area contributed by atoms with Gasteiger partial charge in [0.2, 0.25) is 0 Å². The van der Waals surface area contributed by atoms with Gasteiger partial charge in [-0.3, -0.25) is 0 Å². The third kappa shape index (κ3) is 1.83. The van der Waals surface area contributed by atoms with Crippen LogP contribution in [-0.2, 0) is 0 Å². The fraction of sp³-hybridized carbons (Fsp3) is 0.400. The Morgan fingerprint density at radius 1 is 1.23 bits per heavy atom. The van der Waals surface area contributed by atoms with Crippen LogP contribution in [0.15, 0.2) is 6.07 Å². The summed E-state index contributed by atoms with van der Waals surface area (Å²) in [5.41, 5.74) is 0.458. The van der Waals surface area contributed by atoms with E-state index in [4.69, 9.17) is 11.6 Å². The normalized spacial score (nSPS) is 11.0. The molecule has 0 heterocycles. The van der Waals surface area contributed by atoms with E-state index in [2.05, 4.69) is 0 Å². The molecule has 0 radical (unpaired) electrons. The van der Waals surface area contributed by atoms with Gasteiger partial charge in [0, 0.05) is 5.56 Å². The highest BCUT2D eigenvalue weighted by molar-refractivity contribution is 6.30. The van der Waals surface area contributed by atoms with Crippen molar-refractivity contribution in [1.29, 1.82) is 0 Å². The van der Waals surface area contributed by atoms with Crippen LogP contribution in [0.4, 0.5) is 8.78 Å². The van der Waals surface area contributed by atoms with Gasteiger partial charge in [0.25, 0.3) is 0 Å². The molecule has 1 aromatic carbocycles. The molecule has 0 nitrogen and oxygen atoms in total. The largest absolute Gasteiger partial charge is 0.206 e. The Morgan fingerprint density at radius 3 is 2.23 bits per heavy atom. The van der Waals surface area contributed by atoms with Crippen molar-refractivity contribution >= 4 is 11.6 Å². The van der Waals surface area contributed by atoms with Crippen molar-refractivity contribution < 1.29 is 8.78 Å². The minimum Gasteiger partial charge on any atom is -0.206 e. The fourth-order valence-electron chi connectivity index (χ4n) is 1.26. The van der Waals surface area contributed by atoms with Gasteiger partial charge >= 0.3 is 0 Å². The van der Waals surface area contributed by atoms with Crippen LogP contribution in [-0.4, -0.2) is 0 Å². The van der Waals surface area contributed by atoms with E-state index < -0.39 is 11.6 Å². The summed E-state index contributed by atoms with van der Waals surface area (Å²) in [6.45, 7) is 5.04. The molecule has 0 aliphatic carbocycles. The second-order valence-electron chi connectivity index (χ2n) is 3.37. The summed E-state index contributed by atoms with van der Waals surface area (Å²) in [5.74, 6) is -1.32. The van der Waals surface area contributed by atoms with Gasteiger partial charge in [-0.1, -0.05) is 25.4 Å². The maximum atomic E-state index is 13.4. The molecule has 0 aliphatic heterocycles. The zero-order valence-corrected chi connectivity index (χ0v) is 8.54. The van der Waals surface area contributed by atoms with E-state index in [1.165, 1.54) is 6.07 Å².